The minimum atomic E-state index is -1.04. The number of nitrogens with zero attached hydrogens (tertiary/aromatic N) is 3. The van der Waals surface area contributed by atoms with Gasteiger partial charge in [0.15, 0.2) is 0 Å². The van der Waals surface area contributed by atoms with Crippen LogP contribution in [0.1, 0.15) is 10.6 Å². The quantitative estimate of drug-likeness (QED) is 0.832. The first kappa shape index (κ1) is 14.9. The fraction of sp³-hybridized carbons (Fsp3) is 0.385. The number of benzene rings is 1. The molecule has 20 heavy (non-hydrogen) atoms. The van der Waals surface area contributed by atoms with Gasteiger partial charge in [0.25, 0.3) is 0 Å². The van der Waals surface area contributed by atoms with E-state index in [1.54, 1.807) is 11.6 Å². The topological polar surface area (TPSA) is 58.4 Å². The van der Waals surface area contributed by atoms with Crippen molar-refractivity contribution in [2.24, 2.45) is 7.05 Å². The van der Waals surface area contributed by atoms with Crippen LogP contribution in [0, 0.1) is 0 Å². The molecule has 0 aliphatic heterocycles. The molecule has 1 N–H and O–H groups in total. The first-order valence-electron chi connectivity index (χ1n) is 6.15. The highest BCUT2D eigenvalue weighted by molar-refractivity contribution is 6.18. The number of aromatic carboxylic acids is 1. The van der Waals surface area contributed by atoms with Crippen LogP contribution in [0.15, 0.2) is 18.2 Å². The Morgan fingerprint density at radius 3 is 2.55 bits per heavy atom. The van der Waals surface area contributed by atoms with E-state index in [9.17, 15) is 4.79 Å². The van der Waals surface area contributed by atoms with Crippen molar-refractivity contribution < 1.29 is 9.90 Å². The van der Waals surface area contributed by atoms with Crippen LogP contribution in [0.25, 0.3) is 11.0 Å². The smallest absolute Gasteiger partial charge is 0.372 e. The van der Waals surface area contributed by atoms with E-state index in [2.05, 4.69) is 9.88 Å². The molecule has 0 amide bonds. The van der Waals surface area contributed by atoms with E-state index < -0.39 is 5.97 Å². The van der Waals surface area contributed by atoms with Gasteiger partial charge in [0.05, 0.1) is 11.0 Å². The lowest BCUT2D eigenvalue weighted by molar-refractivity contribution is 0.0680. The van der Waals surface area contributed by atoms with Gasteiger partial charge < -0.3 is 14.6 Å². The van der Waals surface area contributed by atoms with E-state index in [0.717, 1.165) is 11.2 Å². The average molecular weight is 316 g/mol. The molecule has 7 heteroatoms. The van der Waals surface area contributed by atoms with Gasteiger partial charge in [-0.1, -0.05) is 0 Å². The molecule has 2 rings (SSSR count). The molecule has 0 spiro atoms. The predicted octanol–water partition coefficient (Wildman–Crippen LogP) is 2.56. The average Bonchev–Trinajstić information content (AvgIpc) is 2.75. The highest BCUT2D eigenvalue weighted by Gasteiger charge is 2.15. The normalized spacial score (nSPS) is 10.9. The van der Waals surface area contributed by atoms with Crippen LogP contribution >= 0.6 is 23.2 Å². The summed E-state index contributed by atoms with van der Waals surface area (Å²) in [6.07, 6.45) is 0. The maximum atomic E-state index is 11.1. The van der Waals surface area contributed by atoms with Gasteiger partial charge >= 0.3 is 5.97 Å². The summed E-state index contributed by atoms with van der Waals surface area (Å²) in [6.45, 7) is 1.36. The van der Waals surface area contributed by atoms with E-state index in [0.29, 0.717) is 30.4 Å². The number of halogens is 2. The summed E-state index contributed by atoms with van der Waals surface area (Å²) in [5.74, 6) is -0.0169. The summed E-state index contributed by atoms with van der Waals surface area (Å²) in [6, 6.07) is 5.65. The zero-order valence-corrected chi connectivity index (χ0v) is 12.5. The summed E-state index contributed by atoms with van der Waals surface area (Å²) in [5, 5.41) is 9.08. The Morgan fingerprint density at radius 1 is 1.35 bits per heavy atom. The summed E-state index contributed by atoms with van der Waals surface area (Å²) in [5.41, 5.74) is 2.37. The third-order valence-electron chi connectivity index (χ3n) is 3.13. The van der Waals surface area contributed by atoms with Crippen molar-refractivity contribution in [1.29, 1.82) is 0 Å². The summed E-state index contributed by atoms with van der Waals surface area (Å²) >= 11 is 11.6. The van der Waals surface area contributed by atoms with Gasteiger partial charge in [0, 0.05) is 37.6 Å². The molecule has 0 saturated heterocycles. The van der Waals surface area contributed by atoms with Gasteiger partial charge in [-0.15, -0.1) is 23.2 Å². The van der Waals surface area contributed by atoms with E-state index in [1.807, 2.05) is 18.2 Å². The van der Waals surface area contributed by atoms with Crippen molar-refractivity contribution in [3.8, 4) is 0 Å². The van der Waals surface area contributed by atoms with Gasteiger partial charge in [-0.25, -0.2) is 9.78 Å². The number of carboxylic acids is 1. The maximum Gasteiger partial charge on any atom is 0.372 e. The highest BCUT2D eigenvalue weighted by atomic mass is 35.5. The number of carboxylic acid groups (broad SMARTS) is 1. The van der Waals surface area contributed by atoms with Crippen LogP contribution in [-0.4, -0.2) is 45.5 Å². The Bertz CT molecular complexity index is 621. The number of rotatable bonds is 6. The number of alkyl halides is 2. The van der Waals surface area contributed by atoms with Crippen molar-refractivity contribution in [2.45, 2.75) is 0 Å². The first-order chi connectivity index (χ1) is 9.58. The summed E-state index contributed by atoms with van der Waals surface area (Å²) in [7, 11) is 1.69. The number of anilines is 1. The maximum absolute atomic E-state index is 11.1. The molecule has 1 heterocycles. The Morgan fingerprint density at radius 2 is 2.00 bits per heavy atom. The Hall–Kier alpha value is -1.46. The van der Waals surface area contributed by atoms with Crippen LogP contribution in [0.4, 0.5) is 5.69 Å². The third-order valence-corrected chi connectivity index (χ3v) is 3.47. The number of carbonyl (C=O) groups is 1. The summed E-state index contributed by atoms with van der Waals surface area (Å²) in [4.78, 5) is 17.3. The molecule has 0 fully saturated rings. The van der Waals surface area contributed by atoms with Gasteiger partial charge in [0.2, 0.25) is 5.82 Å². The fourth-order valence-corrected chi connectivity index (χ4v) is 2.56. The summed E-state index contributed by atoms with van der Waals surface area (Å²) < 4.78 is 1.56. The van der Waals surface area contributed by atoms with Crippen molar-refractivity contribution in [1.82, 2.24) is 9.55 Å². The predicted molar refractivity (Wildman–Crippen MR) is 81.3 cm³/mol. The zero-order chi connectivity index (χ0) is 14.7. The lowest BCUT2D eigenvalue weighted by Gasteiger charge is -2.22. The Kier molecular flexibility index (Phi) is 4.73. The second-order valence-electron chi connectivity index (χ2n) is 4.34. The minimum absolute atomic E-state index is 0.0263. The van der Waals surface area contributed by atoms with Crippen molar-refractivity contribution >= 4 is 45.9 Å². The number of hydrogen-bond acceptors (Lipinski definition) is 3. The Balaban J connectivity index is 2.44. The van der Waals surface area contributed by atoms with Crippen LogP contribution in [-0.2, 0) is 7.05 Å². The molecule has 0 bridgehead atoms. The van der Waals surface area contributed by atoms with E-state index in [1.165, 1.54) is 0 Å². The largest absolute Gasteiger partial charge is 0.475 e. The molecule has 0 unspecified atom stereocenters. The van der Waals surface area contributed by atoms with E-state index in [4.69, 9.17) is 28.3 Å². The molecule has 0 aliphatic rings. The molecule has 2 aromatic rings. The number of imidazole rings is 1. The molecule has 1 aromatic heterocycles. The van der Waals surface area contributed by atoms with Crippen LogP contribution < -0.4 is 4.90 Å². The molecule has 0 saturated carbocycles. The molecule has 108 valence electrons. The fourth-order valence-electron chi connectivity index (χ4n) is 2.15. The van der Waals surface area contributed by atoms with E-state index in [-0.39, 0.29) is 5.82 Å². The molecular weight excluding hydrogens is 301 g/mol. The molecular formula is C13H15Cl2N3O2. The van der Waals surface area contributed by atoms with Gasteiger partial charge in [-0.2, -0.15) is 0 Å². The monoisotopic (exact) mass is 315 g/mol. The van der Waals surface area contributed by atoms with Crippen molar-refractivity contribution in [3.63, 3.8) is 0 Å². The number of hydrogen-bond donors (Lipinski definition) is 1. The van der Waals surface area contributed by atoms with Crippen molar-refractivity contribution in [3.05, 3.63) is 24.0 Å². The lowest BCUT2D eigenvalue weighted by atomic mass is 10.2. The second kappa shape index (κ2) is 6.33. The third kappa shape index (κ3) is 2.83. The standard InChI is InChI=1S/C13H15Cl2N3O2/c1-17-11-3-2-9(18(6-4-14)7-5-15)8-10(11)16-12(17)13(19)20/h2-3,8H,4-7H2,1H3,(H,19,20). The van der Waals surface area contributed by atoms with Crippen LogP contribution in [0.3, 0.4) is 0 Å². The van der Waals surface area contributed by atoms with Gasteiger partial charge in [-0.3, -0.25) is 0 Å². The number of fused-ring (bicyclic) bond motifs is 1. The van der Waals surface area contributed by atoms with Gasteiger partial charge in [-0.05, 0) is 18.2 Å². The zero-order valence-electron chi connectivity index (χ0n) is 11.0. The lowest BCUT2D eigenvalue weighted by Crippen LogP contribution is -2.27. The Labute approximate surface area is 126 Å². The van der Waals surface area contributed by atoms with Crippen molar-refractivity contribution in [2.75, 3.05) is 29.7 Å². The molecule has 0 radical (unpaired) electrons. The van der Waals surface area contributed by atoms with Crippen LogP contribution in [0.5, 0.6) is 0 Å². The minimum Gasteiger partial charge on any atom is -0.475 e. The van der Waals surface area contributed by atoms with Gasteiger partial charge in [0.1, 0.15) is 0 Å². The second-order valence-corrected chi connectivity index (χ2v) is 5.09. The number of aromatic nitrogens is 2. The molecule has 0 aliphatic carbocycles. The highest BCUT2D eigenvalue weighted by Crippen LogP contribution is 2.22. The van der Waals surface area contributed by atoms with Crippen LogP contribution in [0.2, 0.25) is 0 Å². The molecule has 0 atom stereocenters. The molecule has 1 aromatic carbocycles. The van der Waals surface area contributed by atoms with E-state index >= 15 is 0 Å². The SMILES string of the molecule is Cn1c(C(=O)O)nc2cc(N(CCCl)CCCl)ccc21. The number of aryl methyl sites for hydroxylation is 1. The first-order valence-corrected chi connectivity index (χ1v) is 7.22. The molecule has 5 nitrogen and oxygen atoms in total.